The lowest BCUT2D eigenvalue weighted by atomic mass is 10.1. The second kappa shape index (κ2) is 12.7. The highest BCUT2D eigenvalue weighted by Crippen LogP contribution is 2.27. The van der Waals surface area contributed by atoms with Crippen LogP contribution in [0.25, 0.3) is 0 Å². The van der Waals surface area contributed by atoms with Gasteiger partial charge in [0.05, 0.1) is 0 Å². The molecule has 0 aromatic heterocycles. The average Bonchev–Trinajstić information content (AvgIpc) is 2.49. The third kappa shape index (κ3) is 10.5. The van der Waals surface area contributed by atoms with Crippen LogP contribution in [0, 0.1) is 0 Å². The summed E-state index contributed by atoms with van der Waals surface area (Å²) in [6, 6.07) is 2.84. The van der Waals surface area contributed by atoms with Crippen LogP contribution in [-0.4, -0.2) is 14.9 Å². The minimum atomic E-state index is -1.23. The molecule has 1 aliphatic rings. The summed E-state index contributed by atoms with van der Waals surface area (Å²) in [6.07, 6.45) is 20.2. The Bertz CT molecular complexity index is 224. The number of hydrogen-bond acceptors (Lipinski definition) is 1. The zero-order valence-corrected chi connectivity index (χ0v) is 15.9. The van der Waals surface area contributed by atoms with E-state index in [1.165, 1.54) is 102 Å². The van der Waals surface area contributed by atoms with Crippen LogP contribution in [0.4, 0.5) is 0 Å². The van der Waals surface area contributed by atoms with E-state index in [1.54, 1.807) is 0 Å². The van der Waals surface area contributed by atoms with Crippen LogP contribution < -0.4 is 0 Å². The molecule has 1 nitrogen and oxygen atoms in total. The molecule has 1 atom stereocenters. The van der Waals surface area contributed by atoms with Crippen molar-refractivity contribution in [2.24, 2.45) is 0 Å². The number of hydrogen-bond donors (Lipinski definition) is 0. The summed E-state index contributed by atoms with van der Waals surface area (Å²) in [6.45, 7) is 5.81. The third-order valence-corrected chi connectivity index (χ3v) is 8.83. The van der Waals surface area contributed by atoms with E-state index in [-0.39, 0.29) is 0 Å². The third-order valence-electron chi connectivity index (χ3n) is 5.11. The monoisotopic (exact) mass is 312 g/mol. The molecule has 1 fully saturated rings. The SMILES string of the molecule is CCCCCCCCCCCCCC[Si]1(C)CCCCO1. The zero-order chi connectivity index (χ0) is 15.2. The van der Waals surface area contributed by atoms with Gasteiger partial charge in [-0.2, -0.15) is 0 Å². The molecule has 0 N–H and O–H groups in total. The maximum absolute atomic E-state index is 6.10. The van der Waals surface area contributed by atoms with Crippen LogP contribution in [0.2, 0.25) is 18.6 Å². The first-order chi connectivity index (χ1) is 10.3. The summed E-state index contributed by atoms with van der Waals surface area (Å²) < 4.78 is 6.10. The molecule has 1 saturated heterocycles. The topological polar surface area (TPSA) is 9.23 Å². The second-order valence-electron chi connectivity index (χ2n) is 7.39. The van der Waals surface area contributed by atoms with E-state index in [1.807, 2.05) is 0 Å². The fourth-order valence-corrected chi connectivity index (χ4v) is 6.70. The second-order valence-corrected chi connectivity index (χ2v) is 11.6. The summed E-state index contributed by atoms with van der Waals surface area (Å²) in [5.74, 6) is 0. The van der Waals surface area contributed by atoms with Crippen molar-refractivity contribution in [1.29, 1.82) is 0 Å². The minimum absolute atomic E-state index is 1.06. The van der Waals surface area contributed by atoms with E-state index in [0.717, 1.165) is 6.61 Å². The van der Waals surface area contributed by atoms with Gasteiger partial charge in [0.25, 0.3) is 0 Å². The first-order valence-corrected chi connectivity index (χ1v) is 12.7. The standard InChI is InChI=1S/C19H40OSi/c1-3-4-5-6-7-8-9-10-11-12-13-15-18-21(2)19-16-14-17-20-21/h3-19H2,1-2H3. The quantitative estimate of drug-likeness (QED) is 0.261. The molecule has 0 aromatic rings. The van der Waals surface area contributed by atoms with E-state index in [0.29, 0.717) is 0 Å². The van der Waals surface area contributed by atoms with Gasteiger partial charge in [0.1, 0.15) is 0 Å². The largest absolute Gasteiger partial charge is 0.417 e. The van der Waals surface area contributed by atoms with Gasteiger partial charge in [-0.3, -0.25) is 0 Å². The van der Waals surface area contributed by atoms with Crippen LogP contribution in [0.5, 0.6) is 0 Å². The maximum Gasteiger partial charge on any atom is 0.189 e. The molecule has 0 bridgehead atoms. The number of rotatable bonds is 13. The smallest absolute Gasteiger partial charge is 0.189 e. The first-order valence-electron chi connectivity index (χ1n) is 9.91. The van der Waals surface area contributed by atoms with E-state index >= 15 is 0 Å². The van der Waals surface area contributed by atoms with E-state index in [9.17, 15) is 0 Å². The predicted octanol–water partition coefficient (Wildman–Crippen LogP) is 7.07. The summed E-state index contributed by atoms with van der Waals surface area (Å²) in [5, 5.41) is 0. The van der Waals surface area contributed by atoms with Gasteiger partial charge in [-0.15, -0.1) is 0 Å². The lowest BCUT2D eigenvalue weighted by Gasteiger charge is -2.31. The van der Waals surface area contributed by atoms with Crippen molar-refractivity contribution in [3.8, 4) is 0 Å². The lowest BCUT2D eigenvalue weighted by Crippen LogP contribution is -2.37. The van der Waals surface area contributed by atoms with Crippen molar-refractivity contribution < 1.29 is 4.43 Å². The van der Waals surface area contributed by atoms with E-state index in [2.05, 4.69) is 13.5 Å². The summed E-state index contributed by atoms with van der Waals surface area (Å²) in [7, 11) is -1.23. The number of unbranched alkanes of at least 4 members (excludes halogenated alkanes) is 11. The van der Waals surface area contributed by atoms with Crippen LogP contribution >= 0.6 is 0 Å². The Morgan fingerprint density at radius 1 is 0.714 bits per heavy atom. The molecule has 1 rings (SSSR count). The minimum Gasteiger partial charge on any atom is -0.417 e. The zero-order valence-electron chi connectivity index (χ0n) is 14.9. The fraction of sp³-hybridized carbons (Fsp3) is 1.00. The first kappa shape index (κ1) is 19.2. The maximum atomic E-state index is 6.10. The highest BCUT2D eigenvalue weighted by Gasteiger charge is 2.30. The van der Waals surface area contributed by atoms with Crippen LogP contribution in [0.15, 0.2) is 0 Å². The van der Waals surface area contributed by atoms with Crippen LogP contribution in [0.1, 0.15) is 96.8 Å². The van der Waals surface area contributed by atoms with Gasteiger partial charge in [-0.25, -0.2) is 0 Å². The molecule has 0 amide bonds. The summed E-state index contributed by atoms with van der Waals surface area (Å²) in [5.41, 5.74) is 0. The van der Waals surface area contributed by atoms with Crippen molar-refractivity contribution in [3.63, 3.8) is 0 Å². The van der Waals surface area contributed by atoms with Crippen LogP contribution in [-0.2, 0) is 4.43 Å². The Morgan fingerprint density at radius 3 is 1.71 bits per heavy atom. The normalized spacial score (nSPS) is 22.6. The highest BCUT2D eigenvalue weighted by molar-refractivity contribution is 6.72. The Morgan fingerprint density at radius 2 is 1.24 bits per heavy atom. The summed E-state index contributed by atoms with van der Waals surface area (Å²) >= 11 is 0. The Balaban J connectivity index is 1.78. The van der Waals surface area contributed by atoms with Crippen molar-refractivity contribution >= 4 is 8.32 Å². The van der Waals surface area contributed by atoms with Crippen molar-refractivity contribution in [2.75, 3.05) is 6.61 Å². The lowest BCUT2D eigenvalue weighted by molar-refractivity contribution is 0.269. The van der Waals surface area contributed by atoms with Gasteiger partial charge in [-0.05, 0) is 25.1 Å². The average molecular weight is 313 g/mol. The Kier molecular flexibility index (Phi) is 11.6. The van der Waals surface area contributed by atoms with Gasteiger partial charge in [0.15, 0.2) is 8.32 Å². The molecule has 1 aliphatic heterocycles. The highest BCUT2D eigenvalue weighted by atomic mass is 28.4. The molecule has 1 unspecified atom stereocenters. The van der Waals surface area contributed by atoms with Crippen molar-refractivity contribution in [3.05, 3.63) is 0 Å². The molecule has 0 aromatic carbocycles. The molecule has 0 radical (unpaired) electrons. The van der Waals surface area contributed by atoms with Gasteiger partial charge >= 0.3 is 0 Å². The molecular formula is C19H40OSi. The van der Waals surface area contributed by atoms with Crippen molar-refractivity contribution in [1.82, 2.24) is 0 Å². The molecular weight excluding hydrogens is 272 g/mol. The summed E-state index contributed by atoms with van der Waals surface area (Å²) in [4.78, 5) is 0. The van der Waals surface area contributed by atoms with E-state index < -0.39 is 8.32 Å². The molecule has 0 aliphatic carbocycles. The van der Waals surface area contributed by atoms with Gasteiger partial charge in [0.2, 0.25) is 0 Å². The molecule has 21 heavy (non-hydrogen) atoms. The fourth-order valence-electron chi connectivity index (χ4n) is 3.53. The molecule has 126 valence electrons. The van der Waals surface area contributed by atoms with E-state index in [4.69, 9.17) is 4.43 Å². The Hall–Kier alpha value is 0.177. The predicted molar refractivity (Wildman–Crippen MR) is 97.5 cm³/mol. The van der Waals surface area contributed by atoms with Crippen LogP contribution in [0.3, 0.4) is 0 Å². The van der Waals surface area contributed by atoms with Crippen molar-refractivity contribution in [2.45, 2.75) is 115 Å². The van der Waals surface area contributed by atoms with Gasteiger partial charge < -0.3 is 4.43 Å². The molecule has 0 spiro atoms. The molecule has 1 heterocycles. The Labute approximate surface area is 135 Å². The van der Waals surface area contributed by atoms with Gasteiger partial charge in [-0.1, -0.05) is 90.4 Å². The molecule has 0 saturated carbocycles. The van der Waals surface area contributed by atoms with Gasteiger partial charge in [0, 0.05) is 6.61 Å². The molecule has 2 heteroatoms.